The van der Waals surface area contributed by atoms with Gasteiger partial charge in [0.15, 0.2) is 0 Å². The molecule has 1 aromatic rings. The third-order valence-electron chi connectivity index (χ3n) is 3.37. The largest absolute Gasteiger partial charge is 0.497 e. The summed E-state index contributed by atoms with van der Waals surface area (Å²) in [4.78, 5) is 2.54. The summed E-state index contributed by atoms with van der Waals surface area (Å²) in [6.07, 6.45) is 1.25. The first-order chi connectivity index (χ1) is 8.33. The molecule has 0 aliphatic carbocycles. The third kappa shape index (κ3) is 3.39. The minimum atomic E-state index is 0.650. The van der Waals surface area contributed by atoms with Crippen LogP contribution in [0.3, 0.4) is 0 Å². The fraction of sp³-hybridized carbons (Fsp3) is 0.571. The van der Waals surface area contributed by atoms with E-state index in [1.54, 1.807) is 7.11 Å². The summed E-state index contributed by atoms with van der Waals surface area (Å²) in [6.45, 7) is 5.88. The molecule has 1 saturated heterocycles. The average Bonchev–Trinajstić information content (AvgIpc) is 2.64. The zero-order valence-corrected chi connectivity index (χ0v) is 11.5. The molecule has 1 aliphatic heterocycles. The van der Waals surface area contributed by atoms with Crippen LogP contribution in [0.25, 0.3) is 0 Å². The van der Waals surface area contributed by atoms with E-state index in [9.17, 15) is 0 Å². The van der Waals surface area contributed by atoms with Crippen LogP contribution in [0.15, 0.2) is 24.3 Å². The summed E-state index contributed by atoms with van der Waals surface area (Å²) in [7, 11) is 1.72. The standard InChI is InChI=1S/C14H21NOS/c1-3-15-9-8-14(17-11-10-15)12-4-6-13(16-2)7-5-12/h4-7,14H,3,8-11H2,1-2H3. The molecule has 1 fully saturated rings. The topological polar surface area (TPSA) is 12.5 Å². The molecule has 2 nitrogen and oxygen atoms in total. The Bertz CT molecular complexity index is 339. The Morgan fingerprint density at radius 1 is 1.29 bits per heavy atom. The first-order valence-corrected chi connectivity index (χ1v) is 7.36. The van der Waals surface area contributed by atoms with Crippen LogP contribution in [0.1, 0.15) is 24.2 Å². The second-order valence-corrected chi connectivity index (χ2v) is 5.67. The third-order valence-corrected chi connectivity index (χ3v) is 4.70. The molecule has 0 N–H and O–H groups in total. The molecule has 2 rings (SSSR count). The Morgan fingerprint density at radius 2 is 2.06 bits per heavy atom. The van der Waals surface area contributed by atoms with Crippen molar-refractivity contribution in [1.82, 2.24) is 4.90 Å². The van der Waals surface area contributed by atoms with E-state index in [1.165, 1.54) is 37.4 Å². The van der Waals surface area contributed by atoms with Crippen LogP contribution in [-0.2, 0) is 0 Å². The van der Waals surface area contributed by atoms with Crippen LogP contribution in [0, 0.1) is 0 Å². The Labute approximate surface area is 108 Å². The number of hydrogen-bond acceptors (Lipinski definition) is 3. The van der Waals surface area contributed by atoms with E-state index in [-0.39, 0.29) is 0 Å². The quantitative estimate of drug-likeness (QED) is 0.818. The maximum atomic E-state index is 5.20. The zero-order valence-electron chi connectivity index (χ0n) is 10.7. The van der Waals surface area contributed by atoms with Gasteiger partial charge in [-0.25, -0.2) is 0 Å². The molecule has 17 heavy (non-hydrogen) atoms. The van der Waals surface area contributed by atoms with Gasteiger partial charge in [-0.15, -0.1) is 0 Å². The van der Waals surface area contributed by atoms with Gasteiger partial charge in [0.05, 0.1) is 7.11 Å². The van der Waals surface area contributed by atoms with Crippen molar-refractivity contribution in [3.63, 3.8) is 0 Å². The van der Waals surface area contributed by atoms with Crippen molar-refractivity contribution in [3.05, 3.63) is 29.8 Å². The summed E-state index contributed by atoms with van der Waals surface area (Å²) in [5.41, 5.74) is 1.44. The number of benzene rings is 1. The molecule has 94 valence electrons. The van der Waals surface area contributed by atoms with E-state index >= 15 is 0 Å². The van der Waals surface area contributed by atoms with Crippen LogP contribution < -0.4 is 4.74 Å². The molecule has 0 bridgehead atoms. The molecule has 3 heteroatoms. The lowest BCUT2D eigenvalue weighted by atomic mass is 10.1. The molecule has 0 amide bonds. The normalized spacial score (nSPS) is 22.1. The lowest BCUT2D eigenvalue weighted by Crippen LogP contribution is -2.25. The van der Waals surface area contributed by atoms with E-state index in [0.29, 0.717) is 5.25 Å². The van der Waals surface area contributed by atoms with Gasteiger partial charge in [0, 0.05) is 17.5 Å². The molecule has 0 radical (unpaired) electrons. The maximum Gasteiger partial charge on any atom is 0.118 e. The highest BCUT2D eigenvalue weighted by atomic mass is 32.2. The van der Waals surface area contributed by atoms with Crippen molar-refractivity contribution >= 4 is 11.8 Å². The van der Waals surface area contributed by atoms with Gasteiger partial charge in [0.2, 0.25) is 0 Å². The zero-order chi connectivity index (χ0) is 12.1. The number of thioether (sulfide) groups is 1. The predicted octanol–water partition coefficient (Wildman–Crippen LogP) is 3.20. The summed E-state index contributed by atoms with van der Waals surface area (Å²) < 4.78 is 5.20. The monoisotopic (exact) mass is 251 g/mol. The molecular weight excluding hydrogens is 230 g/mol. The van der Waals surface area contributed by atoms with Crippen LogP contribution in [-0.4, -0.2) is 37.4 Å². The van der Waals surface area contributed by atoms with Gasteiger partial charge in [-0.05, 0) is 37.2 Å². The van der Waals surface area contributed by atoms with Crippen molar-refractivity contribution in [1.29, 1.82) is 0 Å². The molecule has 1 unspecified atom stereocenters. The van der Waals surface area contributed by atoms with E-state index in [2.05, 4.69) is 47.9 Å². The summed E-state index contributed by atoms with van der Waals surface area (Å²) in [5, 5.41) is 0.650. The maximum absolute atomic E-state index is 5.20. The van der Waals surface area contributed by atoms with Gasteiger partial charge in [-0.3, -0.25) is 0 Å². The lowest BCUT2D eigenvalue weighted by molar-refractivity contribution is 0.307. The van der Waals surface area contributed by atoms with Crippen LogP contribution >= 0.6 is 11.8 Å². The highest BCUT2D eigenvalue weighted by Gasteiger charge is 2.17. The molecule has 1 atom stereocenters. The Balaban J connectivity index is 2.01. The Kier molecular flexibility index (Phi) is 4.75. The van der Waals surface area contributed by atoms with Crippen molar-refractivity contribution < 1.29 is 4.74 Å². The van der Waals surface area contributed by atoms with E-state index in [0.717, 1.165) is 5.75 Å². The van der Waals surface area contributed by atoms with Crippen LogP contribution in [0.5, 0.6) is 5.75 Å². The molecule has 1 aliphatic rings. The van der Waals surface area contributed by atoms with Crippen molar-refractivity contribution in [2.24, 2.45) is 0 Å². The fourth-order valence-electron chi connectivity index (χ4n) is 2.22. The van der Waals surface area contributed by atoms with Gasteiger partial charge in [-0.1, -0.05) is 19.1 Å². The number of methoxy groups -OCH3 is 1. The molecule has 0 aromatic heterocycles. The minimum absolute atomic E-state index is 0.650. The van der Waals surface area contributed by atoms with Gasteiger partial charge in [-0.2, -0.15) is 11.8 Å². The Morgan fingerprint density at radius 3 is 2.71 bits per heavy atom. The minimum Gasteiger partial charge on any atom is -0.497 e. The van der Waals surface area contributed by atoms with Gasteiger partial charge >= 0.3 is 0 Å². The van der Waals surface area contributed by atoms with E-state index in [4.69, 9.17) is 4.74 Å². The van der Waals surface area contributed by atoms with Crippen molar-refractivity contribution in [3.8, 4) is 5.75 Å². The smallest absolute Gasteiger partial charge is 0.118 e. The average molecular weight is 251 g/mol. The summed E-state index contributed by atoms with van der Waals surface area (Å²) in [6, 6.07) is 8.55. The molecule has 1 heterocycles. The second kappa shape index (κ2) is 6.31. The summed E-state index contributed by atoms with van der Waals surface area (Å²) in [5.74, 6) is 2.19. The highest BCUT2D eigenvalue weighted by Crippen LogP contribution is 2.34. The van der Waals surface area contributed by atoms with Gasteiger partial charge in [0.25, 0.3) is 0 Å². The van der Waals surface area contributed by atoms with Crippen molar-refractivity contribution in [2.45, 2.75) is 18.6 Å². The van der Waals surface area contributed by atoms with Gasteiger partial charge in [0.1, 0.15) is 5.75 Å². The molecule has 0 saturated carbocycles. The van der Waals surface area contributed by atoms with Crippen LogP contribution in [0.2, 0.25) is 0 Å². The first-order valence-electron chi connectivity index (χ1n) is 6.31. The predicted molar refractivity (Wildman–Crippen MR) is 74.9 cm³/mol. The highest BCUT2D eigenvalue weighted by molar-refractivity contribution is 7.99. The van der Waals surface area contributed by atoms with Crippen molar-refractivity contribution in [2.75, 3.05) is 32.5 Å². The van der Waals surface area contributed by atoms with E-state index in [1.807, 2.05) is 0 Å². The number of ether oxygens (including phenoxy) is 1. The van der Waals surface area contributed by atoms with Gasteiger partial charge < -0.3 is 9.64 Å². The molecule has 0 spiro atoms. The number of nitrogens with zero attached hydrogens (tertiary/aromatic N) is 1. The Hall–Kier alpha value is -0.670. The number of rotatable bonds is 3. The summed E-state index contributed by atoms with van der Waals surface area (Å²) >= 11 is 2.09. The SMILES string of the molecule is CCN1CCSC(c2ccc(OC)cc2)CC1. The molecule has 1 aromatic carbocycles. The van der Waals surface area contributed by atoms with E-state index < -0.39 is 0 Å². The number of hydrogen-bond donors (Lipinski definition) is 0. The first kappa shape index (κ1) is 12.8. The fourth-order valence-corrected chi connectivity index (χ4v) is 3.49. The lowest BCUT2D eigenvalue weighted by Gasteiger charge is -2.17. The molecular formula is C14H21NOS. The second-order valence-electron chi connectivity index (χ2n) is 4.36. The van der Waals surface area contributed by atoms with Crippen LogP contribution in [0.4, 0.5) is 0 Å².